The fourth-order valence-corrected chi connectivity index (χ4v) is 2.06. The molecule has 1 amide bonds. The lowest BCUT2D eigenvalue weighted by molar-refractivity contribution is -0.117. The first-order chi connectivity index (χ1) is 9.94. The molecule has 0 unspecified atom stereocenters. The Morgan fingerprint density at radius 1 is 1.29 bits per heavy atom. The van der Waals surface area contributed by atoms with Crippen LogP contribution in [0.4, 0.5) is 10.1 Å². The number of hydrogen-bond acceptors (Lipinski definition) is 3. The topological polar surface area (TPSA) is 75.3 Å². The van der Waals surface area contributed by atoms with Crippen LogP contribution in [0.3, 0.4) is 0 Å². The second-order valence-corrected chi connectivity index (χ2v) is 5.06. The molecule has 0 saturated carbocycles. The quantitative estimate of drug-likeness (QED) is 0.813. The van der Waals surface area contributed by atoms with Crippen LogP contribution in [0.2, 0.25) is 5.02 Å². The van der Waals surface area contributed by atoms with Crippen molar-refractivity contribution in [1.82, 2.24) is 0 Å². The summed E-state index contributed by atoms with van der Waals surface area (Å²) in [5.41, 5.74) is 6.88. The van der Waals surface area contributed by atoms with Gasteiger partial charge in [-0.1, -0.05) is 23.7 Å². The van der Waals surface area contributed by atoms with E-state index in [0.717, 1.165) is 17.7 Å². The van der Waals surface area contributed by atoms with Gasteiger partial charge in [-0.3, -0.25) is 4.79 Å². The minimum absolute atomic E-state index is 0.145. The van der Waals surface area contributed by atoms with Gasteiger partial charge in [0.1, 0.15) is 11.6 Å². The molecule has 0 saturated heterocycles. The van der Waals surface area contributed by atoms with Crippen LogP contribution in [0.15, 0.2) is 42.5 Å². The lowest BCUT2D eigenvalue weighted by Crippen LogP contribution is -2.37. The summed E-state index contributed by atoms with van der Waals surface area (Å²) < 4.78 is 13.2. The van der Waals surface area contributed by atoms with Crippen molar-refractivity contribution in [3.63, 3.8) is 0 Å². The Balaban J connectivity index is 2.00. The number of nitrogens with two attached hydrogens (primary N) is 1. The number of aromatic hydroxyl groups is 1. The number of nitrogens with one attached hydrogen (secondary N) is 1. The molecule has 0 radical (unpaired) electrons. The van der Waals surface area contributed by atoms with Crippen molar-refractivity contribution < 1.29 is 14.3 Å². The smallest absolute Gasteiger partial charge is 0.241 e. The minimum Gasteiger partial charge on any atom is -0.508 e. The molecule has 21 heavy (non-hydrogen) atoms. The molecular formula is C15H14ClFN2O2. The molecule has 0 aliphatic carbocycles. The Morgan fingerprint density at radius 3 is 2.57 bits per heavy atom. The maximum Gasteiger partial charge on any atom is 0.241 e. The van der Waals surface area contributed by atoms with Gasteiger partial charge in [-0.15, -0.1) is 0 Å². The van der Waals surface area contributed by atoms with E-state index in [1.165, 1.54) is 18.2 Å². The normalized spacial score (nSPS) is 12.0. The third-order valence-corrected chi connectivity index (χ3v) is 3.08. The summed E-state index contributed by atoms with van der Waals surface area (Å²) in [4.78, 5) is 12.0. The lowest BCUT2D eigenvalue weighted by atomic mass is 10.1. The summed E-state index contributed by atoms with van der Waals surface area (Å²) in [6.07, 6.45) is 0.301. The van der Waals surface area contributed by atoms with E-state index >= 15 is 0 Å². The molecule has 0 aliphatic rings. The maximum absolute atomic E-state index is 13.2. The number of hydrogen-bond donors (Lipinski definition) is 3. The van der Waals surface area contributed by atoms with E-state index in [-0.39, 0.29) is 16.5 Å². The second-order valence-electron chi connectivity index (χ2n) is 4.62. The monoisotopic (exact) mass is 308 g/mol. The Bertz CT molecular complexity index is 626. The molecule has 4 nitrogen and oxygen atoms in total. The highest BCUT2D eigenvalue weighted by Gasteiger charge is 2.15. The molecule has 0 heterocycles. The molecule has 110 valence electrons. The highest BCUT2D eigenvalue weighted by atomic mass is 35.5. The summed E-state index contributed by atoms with van der Waals surface area (Å²) in [6, 6.07) is 9.36. The van der Waals surface area contributed by atoms with Crippen molar-refractivity contribution in [1.29, 1.82) is 0 Å². The van der Waals surface area contributed by atoms with Crippen molar-refractivity contribution in [2.24, 2.45) is 5.73 Å². The van der Waals surface area contributed by atoms with Crippen LogP contribution < -0.4 is 11.1 Å². The number of benzene rings is 2. The Hall–Kier alpha value is -2.11. The molecule has 0 aromatic heterocycles. The SMILES string of the molecule is N[C@H](Cc1ccc(O)cc1)C(=O)Nc1cc(F)cc(Cl)c1. The van der Waals surface area contributed by atoms with Gasteiger partial charge < -0.3 is 16.2 Å². The van der Waals surface area contributed by atoms with Crippen LogP contribution in [0.1, 0.15) is 5.56 Å². The van der Waals surface area contributed by atoms with Crippen molar-refractivity contribution >= 4 is 23.2 Å². The number of phenols is 1. The van der Waals surface area contributed by atoms with Gasteiger partial charge in [0.05, 0.1) is 6.04 Å². The van der Waals surface area contributed by atoms with E-state index in [4.69, 9.17) is 17.3 Å². The van der Waals surface area contributed by atoms with E-state index in [1.54, 1.807) is 12.1 Å². The van der Waals surface area contributed by atoms with Gasteiger partial charge in [0.25, 0.3) is 0 Å². The molecule has 0 spiro atoms. The summed E-state index contributed by atoms with van der Waals surface area (Å²) in [5.74, 6) is -0.833. The summed E-state index contributed by atoms with van der Waals surface area (Å²) in [7, 11) is 0. The van der Waals surface area contributed by atoms with Crippen molar-refractivity contribution in [2.75, 3.05) is 5.32 Å². The average Bonchev–Trinajstić information content (AvgIpc) is 2.40. The minimum atomic E-state index is -0.795. The lowest BCUT2D eigenvalue weighted by Gasteiger charge is -2.13. The van der Waals surface area contributed by atoms with Crippen molar-refractivity contribution in [3.8, 4) is 5.75 Å². The summed E-state index contributed by atoms with van der Waals surface area (Å²) in [6.45, 7) is 0. The van der Waals surface area contributed by atoms with Crippen molar-refractivity contribution in [2.45, 2.75) is 12.5 Å². The zero-order valence-electron chi connectivity index (χ0n) is 11.0. The summed E-state index contributed by atoms with van der Waals surface area (Å²) >= 11 is 5.71. The van der Waals surface area contributed by atoms with E-state index in [9.17, 15) is 14.3 Å². The van der Waals surface area contributed by atoms with E-state index in [0.29, 0.717) is 6.42 Å². The fraction of sp³-hybridized carbons (Fsp3) is 0.133. The molecule has 6 heteroatoms. The number of phenolic OH excluding ortho intramolecular Hbond substituents is 1. The molecule has 0 aliphatic heterocycles. The van der Waals surface area contributed by atoms with Crippen LogP contribution in [0, 0.1) is 5.82 Å². The van der Waals surface area contributed by atoms with Gasteiger partial charge in [-0.05, 0) is 42.3 Å². The zero-order valence-corrected chi connectivity index (χ0v) is 11.8. The summed E-state index contributed by atoms with van der Waals surface area (Å²) in [5, 5.41) is 11.9. The molecule has 0 fully saturated rings. The molecule has 1 atom stereocenters. The van der Waals surface area contributed by atoms with E-state index in [1.807, 2.05) is 0 Å². The van der Waals surface area contributed by atoms with E-state index < -0.39 is 17.8 Å². The van der Waals surface area contributed by atoms with Gasteiger partial charge in [0.15, 0.2) is 0 Å². The van der Waals surface area contributed by atoms with Crippen LogP contribution in [-0.2, 0) is 11.2 Å². The number of halogens is 2. The number of rotatable bonds is 4. The number of carbonyl (C=O) groups is 1. The first-order valence-electron chi connectivity index (χ1n) is 6.24. The van der Waals surface area contributed by atoms with Gasteiger partial charge >= 0.3 is 0 Å². The number of amides is 1. The molecule has 0 bridgehead atoms. The van der Waals surface area contributed by atoms with Gasteiger partial charge in [0, 0.05) is 10.7 Å². The van der Waals surface area contributed by atoms with Crippen LogP contribution in [-0.4, -0.2) is 17.1 Å². The molecular weight excluding hydrogens is 295 g/mol. The third-order valence-electron chi connectivity index (χ3n) is 2.86. The van der Waals surface area contributed by atoms with Crippen LogP contribution >= 0.6 is 11.6 Å². The fourth-order valence-electron chi connectivity index (χ4n) is 1.84. The van der Waals surface area contributed by atoms with Gasteiger partial charge in [0.2, 0.25) is 5.91 Å². The van der Waals surface area contributed by atoms with E-state index in [2.05, 4.69) is 5.32 Å². The molecule has 2 aromatic carbocycles. The largest absolute Gasteiger partial charge is 0.508 e. The van der Waals surface area contributed by atoms with Gasteiger partial charge in [-0.25, -0.2) is 4.39 Å². The third kappa shape index (κ3) is 4.44. The second kappa shape index (κ2) is 6.56. The van der Waals surface area contributed by atoms with Crippen molar-refractivity contribution in [3.05, 3.63) is 58.9 Å². The molecule has 4 N–H and O–H groups in total. The Labute approximate surface area is 126 Å². The molecule has 2 aromatic rings. The highest BCUT2D eigenvalue weighted by Crippen LogP contribution is 2.18. The zero-order chi connectivity index (χ0) is 15.4. The average molecular weight is 309 g/mol. The maximum atomic E-state index is 13.2. The predicted octanol–water partition coefficient (Wildman–Crippen LogP) is 2.69. The van der Waals surface area contributed by atoms with Crippen LogP contribution in [0.5, 0.6) is 5.75 Å². The highest BCUT2D eigenvalue weighted by molar-refractivity contribution is 6.30. The first kappa shape index (κ1) is 15.3. The number of carbonyl (C=O) groups excluding carboxylic acids is 1. The van der Waals surface area contributed by atoms with Gasteiger partial charge in [-0.2, -0.15) is 0 Å². The predicted molar refractivity (Wildman–Crippen MR) is 79.8 cm³/mol. The number of anilines is 1. The molecule has 2 rings (SSSR count). The van der Waals surface area contributed by atoms with Crippen LogP contribution in [0.25, 0.3) is 0 Å². The Morgan fingerprint density at radius 2 is 1.95 bits per heavy atom. The standard InChI is InChI=1S/C15H14ClFN2O2/c16-10-6-11(17)8-12(7-10)19-15(21)14(18)5-9-1-3-13(20)4-2-9/h1-4,6-8,14,20H,5,18H2,(H,19,21)/t14-/m1/s1. The Kier molecular flexibility index (Phi) is 4.77. The first-order valence-corrected chi connectivity index (χ1v) is 6.62.